The molecule has 0 spiro atoms. The van der Waals surface area contributed by atoms with Crippen molar-refractivity contribution in [2.75, 3.05) is 13.1 Å². The van der Waals surface area contributed by atoms with Gasteiger partial charge in [0, 0.05) is 11.8 Å². The number of likely N-dealkylation sites (tertiary alicyclic amines) is 1. The summed E-state index contributed by atoms with van der Waals surface area (Å²) in [5, 5.41) is 0. The molecule has 1 fully saturated rings. The fourth-order valence-electron chi connectivity index (χ4n) is 2.06. The summed E-state index contributed by atoms with van der Waals surface area (Å²) in [6, 6.07) is 9.19. The molecule has 4 nitrogen and oxygen atoms in total. The topological polar surface area (TPSA) is 42.4 Å². The van der Waals surface area contributed by atoms with Crippen LogP contribution in [0.4, 0.5) is 4.39 Å². The first-order chi connectivity index (χ1) is 9.72. The molecule has 0 radical (unpaired) electrons. The van der Waals surface area contributed by atoms with Crippen molar-refractivity contribution in [1.82, 2.24) is 9.88 Å². The molecule has 3 rings (SSSR count). The van der Waals surface area contributed by atoms with Gasteiger partial charge in [-0.2, -0.15) is 0 Å². The van der Waals surface area contributed by atoms with Crippen molar-refractivity contribution in [3.63, 3.8) is 0 Å². The van der Waals surface area contributed by atoms with Gasteiger partial charge in [-0.15, -0.1) is 0 Å². The summed E-state index contributed by atoms with van der Waals surface area (Å²) in [6.45, 7) is 1.07. The van der Waals surface area contributed by atoms with Crippen LogP contribution in [0.15, 0.2) is 48.8 Å². The number of benzene rings is 1. The average Bonchev–Trinajstić information content (AvgIpc) is 2.44. The lowest BCUT2D eigenvalue weighted by Gasteiger charge is -2.38. The number of carbonyl (C=O) groups is 1. The number of hydrogen-bond acceptors (Lipinski definition) is 3. The number of halogens is 1. The number of aromatic nitrogens is 1. The summed E-state index contributed by atoms with van der Waals surface area (Å²) in [4.78, 5) is 17.7. The second kappa shape index (κ2) is 5.28. The smallest absolute Gasteiger partial charge is 0.254 e. The molecule has 1 amide bonds. The van der Waals surface area contributed by atoms with E-state index in [-0.39, 0.29) is 17.8 Å². The fraction of sp³-hybridized carbons (Fsp3) is 0.200. The lowest BCUT2D eigenvalue weighted by atomic mass is 10.1. The van der Waals surface area contributed by atoms with E-state index in [1.165, 1.54) is 24.3 Å². The van der Waals surface area contributed by atoms with Crippen molar-refractivity contribution in [1.29, 1.82) is 0 Å². The maximum Gasteiger partial charge on any atom is 0.254 e. The van der Waals surface area contributed by atoms with Gasteiger partial charge in [0.15, 0.2) is 0 Å². The van der Waals surface area contributed by atoms with Crippen LogP contribution >= 0.6 is 0 Å². The molecule has 1 aliphatic heterocycles. The third-order valence-electron chi connectivity index (χ3n) is 3.16. The monoisotopic (exact) mass is 272 g/mol. The number of rotatable bonds is 3. The predicted octanol–water partition coefficient (Wildman–Crippen LogP) is 2.12. The molecule has 0 saturated carbocycles. The number of carbonyl (C=O) groups excluding carboxylic acids is 1. The van der Waals surface area contributed by atoms with Gasteiger partial charge >= 0.3 is 0 Å². The maximum absolute atomic E-state index is 12.8. The molecule has 1 aromatic carbocycles. The lowest BCUT2D eigenvalue weighted by Crippen LogP contribution is -2.56. The van der Waals surface area contributed by atoms with Crippen molar-refractivity contribution in [2.24, 2.45) is 0 Å². The minimum Gasteiger partial charge on any atom is -0.485 e. The summed E-state index contributed by atoms with van der Waals surface area (Å²) >= 11 is 0. The van der Waals surface area contributed by atoms with E-state index in [4.69, 9.17) is 4.74 Å². The average molecular weight is 272 g/mol. The highest BCUT2D eigenvalue weighted by atomic mass is 19.1. The van der Waals surface area contributed by atoms with E-state index >= 15 is 0 Å². The Balaban J connectivity index is 1.55. The Labute approximate surface area is 115 Å². The van der Waals surface area contributed by atoms with Gasteiger partial charge in [-0.25, -0.2) is 4.39 Å². The Kier molecular flexibility index (Phi) is 3.33. The highest BCUT2D eigenvalue weighted by Gasteiger charge is 2.32. The molecular formula is C15H13FN2O2. The first-order valence-corrected chi connectivity index (χ1v) is 6.34. The number of hydrogen-bond donors (Lipinski definition) is 0. The normalized spacial score (nSPS) is 14.8. The summed E-state index contributed by atoms with van der Waals surface area (Å²) in [5.41, 5.74) is 0.492. The predicted molar refractivity (Wildman–Crippen MR) is 71.0 cm³/mol. The van der Waals surface area contributed by atoms with Crippen molar-refractivity contribution in [3.8, 4) is 5.75 Å². The van der Waals surface area contributed by atoms with Gasteiger partial charge in [-0.1, -0.05) is 0 Å². The molecule has 2 heterocycles. The zero-order valence-corrected chi connectivity index (χ0v) is 10.7. The van der Waals surface area contributed by atoms with Crippen LogP contribution in [0.3, 0.4) is 0 Å². The zero-order chi connectivity index (χ0) is 13.9. The Morgan fingerprint density at radius 3 is 2.65 bits per heavy atom. The second-order valence-corrected chi connectivity index (χ2v) is 4.65. The minimum atomic E-state index is -0.344. The number of nitrogens with zero attached hydrogens (tertiary/aromatic N) is 2. The second-order valence-electron chi connectivity index (χ2n) is 4.65. The van der Waals surface area contributed by atoms with Crippen LogP contribution in [0.1, 0.15) is 10.4 Å². The van der Waals surface area contributed by atoms with E-state index < -0.39 is 0 Å². The van der Waals surface area contributed by atoms with Crippen molar-refractivity contribution < 1.29 is 13.9 Å². The van der Waals surface area contributed by atoms with Crippen LogP contribution < -0.4 is 4.74 Å². The highest BCUT2D eigenvalue weighted by Crippen LogP contribution is 2.19. The van der Waals surface area contributed by atoms with Gasteiger partial charge in [0.25, 0.3) is 5.91 Å². The number of amides is 1. The van der Waals surface area contributed by atoms with Gasteiger partial charge in [0.2, 0.25) is 0 Å². The van der Waals surface area contributed by atoms with Gasteiger partial charge in [0.05, 0.1) is 19.3 Å². The molecule has 0 aliphatic carbocycles. The number of ether oxygens (including phenoxy) is 1. The van der Waals surface area contributed by atoms with E-state index in [1.807, 2.05) is 6.07 Å². The molecule has 0 atom stereocenters. The molecule has 1 aromatic heterocycles. The third kappa shape index (κ3) is 2.61. The summed E-state index contributed by atoms with van der Waals surface area (Å²) in [5.74, 6) is 0.255. The van der Waals surface area contributed by atoms with Gasteiger partial charge < -0.3 is 9.64 Å². The first kappa shape index (κ1) is 12.6. The SMILES string of the molecule is O=C(c1ccc(F)cc1)N1CC(Oc2cccnc2)C1. The fourth-order valence-corrected chi connectivity index (χ4v) is 2.06. The Morgan fingerprint density at radius 2 is 2.00 bits per heavy atom. The summed E-state index contributed by atoms with van der Waals surface area (Å²) < 4.78 is 18.5. The van der Waals surface area contributed by atoms with Crippen LogP contribution in [0.5, 0.6) is 5.75 Å². The number of pyridine rings is 1. The van der Waals surface area contributed by atoms with E-state index in [0.29, 0.717) is 24.4 Å². The Morgan fingerprint density at radius 1 is 1.25 bits per heavy atom. The third-order valence-corrected chi connectivity index (χ3v) is 3.16. The maximum atomic E-state index is 12.8. The minimum absolute atomic E-state index is 0.0106. The molecule has 2 aromatic rings. The molecule has 0 N–H and O–H groups in total. The van der Waals surface area contributed by atoms with Crippen LogP contribution in [-0.2, 0) is 0 Å². The molecule has 20 heavy (non-hydrogen) atoms. The van der Waals surface area contributed by atoms with Crippen molar-refractivity contribution in [2.45, 2.75) is 6.10 Å². The molecular weight excluding hydrogens is 259 g/mol. The molecule has 5 heteroatoms. The molecule has 0 unspecified atom stereocenters. The van der Waals surface area contributed by atoms with Gasteiger partial charge in [-0.3, -0.25) is 9.78 Å². The van der Waals surface area contributed by atoms with Crippen LogP contribution in [0, 0.1) is 5.82 Å². The quantitative estimate of drug-likeness (QED) is 0.859. The van der Waals surface area contributed by atoms with Crippen LogP contribution in [0.25, 0.3) is 0 Å². The van der Waals surface area contributed by atoms with Crippen LogP contribution in [0.2, 0.25) is 0 Å². The summed E-state index contributed by atoms with van der Waals surface area (Å²) in [7, 11) is 0. The lowest BCUT2D eigenvalue weighted by molar-refractivity contribution is 0.0176. The van der Waals surface area contributed by atoms with E-state index in [2.05, 4.69) is 4.98 Å². The van der Waals surface area contributed by atoms with Crippen LogP contribution in [-0.4, -0.2) is 35.0 Å². The van der Waals surface area contributed by atoms with E-state index in [1.54, 1.807) is 23.4 Å². The van der Waals surface area contributed by atoms with Gasteiger partial charge in [0.1, 0.15) is 17.7 Å². The zero-order valence-electron chi connectivity index (χ0n) is 10.7. The highest BCUT2D eigenvalue weighted by molar-refractivity contribution is 5.94. The van der Waals surface area contributed by atoms with E-state index in [9.17, 15) is 9.18 Å². The molecule has 1 aliphatic rings. The van der Waals surface area contributed by atoms with Gasteiger partial charge in [-0.05, 0) is 36.4 Å². The molecule has 1 saturated heterocycles. The molecule has 0 bridgehead atoms. The van der Waals surface area contributed by atoms with Crippen molar-refractivity contribution in [3.05, 3.63) is 60.2 Å². The Hall–Kier alpha value is -2.43. The summed E-state index contributed by atoms with van der Waals surface area (Å²) in [6.07, 6.45) is 3.31. The standard InChI is InChI=1S/C15H13FN2O2/c16-12-5-3-11(4-6-12)15(19)18-9-14(10-18)20-13-2-1-7-17-8-13/h1-8,14H,9-10H2. The van der Waals surface area contributed by atoms with Crippen molar-refractivity contribution >= 4 is 5.91 Å². The Bertz CT molecular complexity index is 595. The molecule has 102 valence electrons. The van der Waals surface area contributed by atoms with E-state index in [0.717, 1.165) is 0 Å². The largest absolute Gasteiger partial charge is 0.485 e. The first-order valence-electron chi connectivity index (χ1n) is 6.34.